The molecule has 0 radical (unpaired) electrons. The van der Waals surface area contributed by atoms with Crippen LogP contribution in [0.1, 0.15) is 25.5 Å². The van der Waals surface area contributed by atoms with Crippen molar-refractivity contribution >= 4 is 86.7 Å². The van der Waals surface area contributed by atoms with Crippen LogP contribution in [0.15, 0.2) is 133 Å². The first kappa shape index (κ1) is 27.7. The summed E-state index contributed by atoms with van der Waals surface area (Å²) in [5.74, 6) is 2.13. The predicted molar refractivity (Wildman–Crippen MR) is 211 cm³/mol. The van der Waals surface area contributed by atoms with E-state index in [1.54, 1.807) is 0 Å². The summed E-state index contributed by atoms with van der Waals surface area (Å²) >= 11 is 0. The monoisotopic (exact) mass is 640 g/mol. The fraction of sp³-hybridized carbons (Fsp3) is 0.0870. The van der Waals surface area contributed by atoms with Gasteiger partial charge in [-0.05, 0) is 113 Å². The van der Waals surface area contributed by atoms with E-state index >= 15 is 0 Å². The largest absolute Gasteiger partial charge is 0.296 e. The van der Waals surface area contributed by atoms with Gasteiger partial charge in [0.05, 0.1) is 22.1 Å². The number of hydrogen-bond donors (Lipinski definition) is 0. The summed E-state index contributed by atoms with van der Waals surface area (Å²) in [4.78, 5) is 10.2. The van der Waals surface area contributed by atoms with Crippen LogP contribution in [0, 0.1) is 0 Å². The number of aryl methyl sites for hydroxylation is 2. The lowest BCUT2D eigenvalue weighted by atomic mass is 9.87. The van der Waals surface area contributed by atoms with Crippen molar-refractivity contribution in [1.29, 1.82) is 0 Å². The molecule has 0 aliphatic heterocycles. The molecular weight excluding hydrogens is 609 g/mol. The van der Waals surface area contributed by atoms with Crippen molar-refractivity contribution in [2.75, 3.05) is 0 Å². The third kappa shape index (κ3) is 3.65. The van der Waals surface area contributed by atoms with Gasteiger partial charge < -0.3 is 0 Å². The molecule has 0 amide bonds. The maximum Gasteiger partial charge on any atom is 0.114 e. The Morgan fingerprint density at radius 1 is 0.400 bits per heavy atom. The number of aromatic nitrogens is 4. The minimum atomic E-state index is 0.837. The second-order valence-electron chi connectivity index (χ2n) is 13.5. The summed E-state index contributed by atoms with van der Waals surface area (Å²) < 4.78 is 4.74. The molecule has 9 aromatic carbocycles. The highest BCUT2D eigenvalue weighted by Crippen LogP contribution is 2.45. The molecule has 50 heavy (non-hydrogen) atoms. The summed E-state index contributed by atoms with van der Waals surface area (Å²) in [6.45, 7) is 4.40. The molecule has 0 saturated heterocycles. The van der Waals surface area contributed by atoms with Gasteiger partial charge in [0.2, 0.25) is 0 Å². The molecule has 0 fully saturated rings. The molecule has 0 N–H and O–H groups in total. The van der Waals surface area contributed by atoms with Crippen LogP contribution < -0.4 is 0 Å². The highest BCUT2D eigenvalue weighted by molar-refractivity contribution is 6.37. The summed E-state index contributed by atoms with van der Waals surface area (Å²) in [5.41, 5.74) is 6.58. The van der Waals surface area contributed by atoms with Crippen LogP contribution in [0.4, 0.5) is 0 Å². The molecule has 0 aliphatic carbocycles. The molecule has 4 nitrogen and oxygen atoms in total. The van der Waals surface area contributed by atoms with Gasteiger partial charge >= 0.3 is 0 Å². The van der Waals surface area contributed by atoms with Crippen LogP contribution in [-0.4, -0.2) is 19.1 Å². The highest BCUT2D eigenvalue weighted by atomic mass is 15.1. The Labute approximate surface area is 288 Å². The first-order valence-electron chi connectivity index (χ1n) is 17.6. The molecule has 2 aromatic heterocycles. The normalized spacial score (nSPS) is 12.4. The second-order valence-corrected chi connectivity index (χ2v) is 13.5. The van der Waals surface area contributed by atoms with Gasteiger partial charge in [-0.25, -0.2) is 9.97 Å². The molecule has 0 aliphatic rings. The van der Waals surface area contributed by atoms with Crippen LogP contribution in [0.5, 0.6) is 0 Å². The van der Waals surface area contributed by atoms with Gasteiger partial charge in [-0.1, -0.05) is 98.8 Å². The van der Waals surface area contributed by atoms with E-state index in [0.29, 0.717) is 0 Å². The van der Waals surface area contributed by atoms with E-state index in [4.69, 9.17) is 9.97 Å². The van der Waals surface area contributed by atoms with Crippen LogP contribution in [-0.2, 0) is 12.8 Å². The lowest BCUT2D eigenvalue weighted by Crippen LogP contribution is -2.02. The van der Waals surface area contributed by atoms with Crippen LogP contribution in [0.3, 0.4) is 0 Å². The molecule has 0 unspecified atom stereocenters. The molecule has 4 heteroatoms. The SMILES string of the molecule is CCc1nc2ccccc2n1-c1cc2ccc3cccc4c5cccc6ccc7cc(-n8c(CC)nc9ccccc98)cc(c(c1)c2c34)c7c65. The van der Waals surface area contributed by atoms with Gasteiger partial charge in [0.1, 0.15) is 11.6 Å². The topological polar surface area (TPSA) is 35.6 Å². The number of imidazole rings is 2. The highest BCUT2D eigenvalue weighted by Gasteiger charge is 2.20. The van der Waals surface area contributed by atoms with E-state index in [0.717, 1.165) is 57.9 Å². The van der Waals surface area contributed by atoms with Gasteiger partial charge in [-0.15, -0.1) is 0 Å². The molecule has 0 spiro atoms. The predicted octanol–water partition coefficient (Wildman–Crippen LogP) is 11.8. The molecule has 2 heterocycles. The van der Waals surface area contributed by atoms with Crippen molar-refractivity contribution in [2.45, 2.75) is 26.7 Å². The lowest BCUT2D eigenvalue weighted by Gasteiger charge is -2.19. The van der Waals surface area contributed by atoms with Gasteiger partial charge in [0.25, 0.3) is 0 Å². The molecule has 0 bridgehead atoms. The maximum atomic E-state index is 5.09. The van der Waals surface area contributed by atoms with Gasteiger partial charge in [-0.3, -0.25) is 9.13 Å². The van der Waals surface area contributed by atoms with E-state index in [1.807, 2.05) is 0 Å². The zero-order valence-corrected chi connectivity index (χ0v) is 27.9. The Hall–Kier alpha value is -6.26. The molecule has 0 saturated carbocycles. The minimum absolute atomic E-state index is 0.837. The van der Waals surface area contributed by atoms with Crippen molar-refractivity contribution in [3.8, 4) is 11.4 Å². The summed E-state index contributed by atoms with van der Waals surface area (Å²) in [7, 11) is 0. The smallest absolute Gasteiger partial charge is 0.114 e. The van der Waals surface area contributed by atoms with Crippen LogP contribution in [0.25, 0.3) is 98.1 Å². The van der Waals surface area contributed by atoms with E-state index in [9.17, 15) is 0 Å². The van der Waals surface area contributed by atoms with Crippen molar-refractivity contribution in [3.63, 3.8) is 0 Å². The molecule has 236 valence electrons. The van der Waals surface area contributed by atoms with E-state index in [-0.39, 0.29) is 0 Å². The average molecular weight is 641 g/mol. The molecular formula is C46H32N4. The zero-order valence-electron chi connectivity index (χ0n) is 27.9. The quantitative estimate of drug-likeness (QED) is 0.179. The number of nitrogens with zero attached hydrogens (tertiary/aromatic N) is 4. The van der Waals surface area contributed by atoms with E-state index in [1.165, 1.54) is 64.6 Å². The maximum absolute atomic E-state index is 5.09. The Morgan fingerprint density at radius 3 is 1.28 bits per heavy atom. The van der Waals surface area contributed by atoms with Crippen LogP contribution in [0.2, 0.25) is 0 Å². The van der Waals surface area contributed by atoms with E-state index in [2.05, 4.69) is 156 Å². The summed E-state index contributed by atoms with van der Waals surface area (Å²) in [6, 6.07) is 49.4. The van der Waals surface area contributed by atoms with Crippen molar-refractivity contribution in [1.82, 2.24) is 19.1 Å². The van der Waals surface area contributed by atoms with Crippen molar-refractivity contribution in [2.24, 2.45) is 0 Å². The van der Waals surface area contributed by atoms with Gasteiger partial charge in [0.15, 0.2) is 0 Å². The number of hydrogen-bond acceptors (Lipinski definition) is 2. The number of fused-ring (bicyclic) bond motifs is 4. The first-order chi connectivity index (χ1) is 24.7. The Morgan fingerprint density at radius 2 is 0.820 bits per heavy atom. The van der Waals surface area contributed by atoms with Crippen molar-refractivity contribution < 1.29 is 0 Å². The second kappa shape index (κ2) is 10.1. The van der Waals surface area contributed by atoms with Gasteiger partial charge in [0, 0.05) is 24.2 Å². The molecule has 11 rings (SSSR count). The fourth-order valence-corrected chi connectivity index (χ4v) is 8.79. The minimum Gasteiger partial charge on any atom is -0.296 e. The average Bonchev–Trinajstić information content (AvgIpc) is 3.74. The zero-order chi connectivity index (χ0) is 33.1. The number of para-hydroxylation sites is 4. The summed E-state index contributed by atoms with van der Waals surface area (Å²) in [6.07, 6.45) is 1.67. The fourth-order valence-electron chi connectivity index (χ4n) is 8.79. The third-order valence-electron chi connectivity index (χ3n) is 10.9. The Kier molecular flexibility index (Phi) is 5.60. The van der Waals surface area contributed by atoms with Gasteiger partial charge in [-0.2, -0.15) is 0 Å². The van der Waals surface area contributed by atoms with Crippen molar-refractivity contribution in [3.05, 3.63) is 145 Å². The summed E-state index contributed by atoms with van der Waals surface area (Å²) in [5, 5.41) is 15.2. The van der Waals surface area contributed by atoms with E-state index < -0.39 is 0 Å². The number of rotatable bonds is 4. The number of benzene rings is 8. The van der Waals surface area contributed by atoms with Crippen LogP contribution >= 0.6 is 0 Å². The standard InChI is InChI=1S/C46H32N4/c1-3-41-47-37-15-5-7-17-39(37)49(41)31-23-29-21-19-27-11-9-13-33-34-14-10-12-28-20-22-30-24-32(50-40-18-8-6-16-38(40)48-42(50)4-2)26-36(46(30)44(28)34)35(25-31)45(29)43(27)33/h5-26H,3-4H2,1-2H3. The molecule has 11 aromatic rings. The Balaban J connectivity index is 1.42. The first-order valence-corrected chi connectivity index (χ1v) is 17.6. The lowest BCUT2D eigenvalue weighted by molar-refractivity contribution is 0.909. The Bertz CT molecular complexity index is 2960. The molecule has 0 atom stereocenters. The third-order valence-corrected chi connectivity index (χ3v) is 10.9.